The molecule has 0 aromatic heterocycles. The van der Waals surface area contributed by atoms with Gasteiger partial charge in [0.2, 0.25) is 5.91 Å². The third-order valence-corrected chi connectivity index (χ3v) is 3.32. The van der Waals surface area contributed by atoms with Crippen molar-refractivity contribution >= 4 is 17.5 Å². The van der Waals surface area contributed by atoms with Crippen LogP contribution in [0, 0.1) is 5.82 Å². The highest BCUT2D eigenvalue weighted by Crippen LogP contribution is 2.20. The number of hydrogen-bond donors (Lipinski definition) is 2. The Morgan fingerprint density at radius 1 is 1.55 bits per heavy atom. The molecule has 0 radical (unpaired) electrons. The topological polar surface area (TPSA) is 58.6 Å². The van der Waals surface area contributed by atoms with E-state index in [1.54, 1.807) is 6.92 Å². The molecule has 0 saturated heterocycles. The molecule has 1 aromatic carbocycles. The lowest BCUT2D eigenvalue weighted by atomic mass is 9.98. The standard InChI is InChI=1S/C14H19ClFNO3/c1-14(6-7-18,9-20-2)17-13(19)8-10-11(15)4-3-5-12(10)16/h3-5,18H,6-9H2,1-2H3,(H,17,19). The summed E-state index contributed by atoms with van der Waals surface area (Å²) >= 11 is 5.88. The third-order valence-electron chi connectivity index (χ3n) is 2.97. The first-order valence-electron chi connectivity index (χ1n) is 6.25. The van der Waals surface area contributed by atoms with Crippen LogP contribution in [0.25, 0.3) is 0 Å². The minimum absolute atomic E-state index is 0.0827. The van der Waals surface area contributed by atoms with Crippen LogP contribution in [0.3, 0.4) is 0 Å². The fourth-order valence-corrected chi connectivity index (χ4v) is 2.21. The first-order valence-corrected chi connectivity index (χ1v) is 6.63. The van der Waals surface area contributed by atoms with Crippen molar-refractivity contribution in [3.8, 4) is 0 Å². The van der Waals surface area contributed by atoms with Gasteiger partial charge in [-0.1, -0.05) is 17.7 Å². The van der Waals surface area contributed by atoms with Gasteiger partial charge < -0.3 is 15.2 Å². The minimum Gasteiger partial charge on any atom is -0.396 e. The van der Waals surface area contributed by atoms with Crippen molar-refractivity contribution in [2.45, 2.75) is 25.3 Å². The number of ether oxygens (including phenoxy) is 1. The fraction of sp³-hybridized carbons (Fsp3) is 0.500. The second-order valence-electron chi connectivity index (χ2n) is 4.89. The zero-order valence-corrected chi connectivity index (χ0v) is 12.3. The Bertz CT molecular complexity index is 441. The van der Waals surface area contributed by atoms with Crippen LogP contribution in [0.4, 0.5) is 4.39 Å². The molecule has 0 saturated carbocycles. The number of methoxy groups -OCH3 is 1. The zero-order chi connectivity index (χ0) is 15.2. The van der Waals surface area contributed by atoms with E-state index in [4.69, 9.17) is 21.4 Å². The SMILES string of the molecule is COCC(C)(CCO)NC(=O)Cc1c(F)cccc1Cl. The maximum atomic E-state index is 13.6. The summed E-state index contributed by atoms with van der Waals surface area (Å²) in [6.07, 6.45) is 0.188. The monoisotopic (exact) mass is 303 g/mol. The third kappa shape index (κ3) is 4.74. The molecule has 0 aliphatic carbocycles. The van der Waals surface area contributed by atoms with E-state index in [-0.39, 0.29) is 36.1 Å². The molecular weight excluding hydrogens is 285 g/mol. The normalized spacial score (nSPS) is 13.8. The number of hydrogen-bond acceptors (Lipinski definition) is 3. The van der Waals surface area contributed by atoms with E-state index in [2.05, 4.69) is 5.32 Å². The number of amides is 1. The molecule has 1 amide bonds. The van der Waals surface area contributed by atoms with Crippen LogP contribution in [-0.4, -0.2) is 36.9 Å². The first kappa shape index (κ1) is 16.9. The Morgan fingerprint density at radius 3 is 2.80 bits per heavy atom. The molecule has 2 N–H and O–H groups in total. The first-order chi connectivity index (χ1) is 9.41. The summed E-state index contributed by atoms with van der Waals surface area (Å²) in [5, 5.41) is 12.0. The van der Waals surface area contributed by atoms with Crippen molar-refractivity contribution in [1.29, 1.82) is 0 Å². The lowest BCUT2D eigenvalue weighted by Gasteiger charge is -2.29. The van der Waals surface area contributed by atoms with Gasteiger partial charge in [-0.3, -0.25) is 4.79 Å². The highest BCUT2D eigenvalue weighted by Gasteiger charge is 2.26. The second-order valence-corrected chi connectivity index (χ2v) is 5.30. The molecule has 20 heavy (non-hydrogen) atoms. The summed E-state index contributed by atoms with van der Waals surface area (Å²) in [5.74, 6) is -0.881. The van der Waals surface area contributed by atoms with Crippen LogP contribution in [0.5, 0.6) is 0 Å². The van der Waals surface area contributed by atoms with Crippen molar-refractivity contribution in [1.82, 2.24) is 5.32 Å². The number of aliphatic hydroxyl groups excluding tert-OH is 1. The lowest BCUT2D eigenvalue weighted by molar-refractivity contribution is -0.123. The Morgan fingerprint density at radius 2 is 2.25 bits per heavy atom. The number of benzene rings is 1. The van der Waals surface area contributed by atoms with E-state index >= 15 is 0 Å². The van der Waals surface area contributed by atoms with Crippen LogP contribution < -0.4 is 5.32 Å². The number of carbonyl (C=O) groups excluding carboxylic acids is 1. The van der Waals surface area contributed by atoms with E-state index < -0.39 is 11.4 Å². The van der Waals surface area contributed by atoms with Crippen LogP contribution in [0.2, 0.25) is 5.02 Å². The van der Waals surface area contributed by atoms with Crippen molar-refractivity contribution in [2.24, 2.45) is 0 Å². The number of nitrogens with one attached hydrogen (secondary N) is 1. The number of rotatable bonds is 7. The van der Waals surface area contributed by atoms with Crippen molar-refractivity contribution < 1.29 is 19.0 Å². The van der Waals surface area contributed by atoms with Crippen LogP contribution in [-0.2, 0) is 16.0 Å². The lowest BCUT2D eigenvalue weighted by Crippen LogP contribution is -2.50. The molecule has 0 fully saturated rings. The summed E-state index contributed by atoms with van der Waals surface area (Å²) in [7, 11) is 1.51. The van der Waals surface area contributed by atoms with E-state index in [1.807, 2.05) is 0 Å². The molecule has 0 spiro atoms. The van der Waals surface area contributed by atoms with Gasteiger partial charge in [0.05, 0.1) is 18.6 Å². The van der Waals surface area contributed by atoms with Gasteiger partial charge in [-0.15, -0.1) is 0 Å². The molecule has 0 bridgehead atoms. The van der Waals surface area contributed by atoms with E-state index in [0.717, 1.165) is 0 Å². The molecule has 112 valence electrons. The quantitative estimate of drug-likeness (QED) is 0.809. The van der Waals surface area contributed by atoms with Gasteiger partial charge in [-0.25, -0.2) is 4.39 Å². The molecule has 1 aromatic rings. The van der Waals surface area contributed by atoms with Gasteiger partial charge in [-0.2, -0.15) is 0 Å². The summed E-state index contributed by atoms with van der Waals surface area (Å²) in [6, 6.07) is 4.28. The average Bonchev–Trinajstić information content (AvgIpc) is 2.34. The molecular formula is C14H19ClFNO3. The predicted molar refractivity (Wildman–Crippen MR) is 75.2 cm³/mol. The minimum atomic E-state index is -0.696. The largest absolute Gasteiger partial charge is 0.396 e. The van der Waals surface area contributed by atoms with E-state index in [9.17, 15) is 9.18 Å². The fourth-order valence-electron chi connectivity index (χ4n) is 1.98. The van der Waals surface area contributed by atoms with Crippen LogP contribution in [0.15, 0.2) is 18.2 Å². The van der Waals surface area contributed by atoms with E-state index in [0.29, 0.717) is 6.42 Å². The predicted octanol–water partition coefficient (Wildman–Crippen LogP) is 1.93. The molecule has 1 unspecified atom stereocenters. The van der Waals surface area contributed by atoms with Gasteiger partial charge in [0.25, 0.3) is 0 Å². The Hall–Kier alpha value is -1.17. The average molecular weight is 304 g/mol. The molecule has 0 aliphatic heterocycles. The Kier molecular flexibility index (Phi) is 6.39. The Labute approximate surface area is 122 Å². The maximum absolute atomic E-state index is 13.6. The number of halogens is 2. The van der Waals surface area contributed by atoms with Crippen LogP contribution in [0.1, 0.15) is 18.9 Å². The second kappa shape index (κ2) is 7.57. The zero-order valence-electron chi connectivity index (χ0n) is 11.6. The van der Waals surface area contributed by atoms with E-state index in [1.165, 1.54) is 25.3 Å². The smallest absolute Gasteiger partial charge is 0.225 e. The summed E-state index contributed by atoms with van der Waals surface area (Å²) in [4.78, 5) is 12.0. The Balaban J connectivity index is 2.76. The molecule has 0 heterocycles. The summed E-state index contributed by atoms with van der Waals surface area (Å²) in [5.41, 5.74) is -0.534. The number of aliphatic hydroxyl groups is 1. The molecule has 1 rings (SSSR count). The van der Waals surface area contributed by atoms with Crippen LogP contribution >= 0.6 is 11.6 Å². The summed E-state index contributed by atoms with van der Waals surface area (Å²) in [6.45, 7) is 1.93. The van der Waals surface area contributed by atoms with Gasteiger partial charge in [-0.05, 0) is 25.5 Å². The summed E-state index contributed by atoms with van der Waals surface area (Å²) < 4.78 is 18.6. The van der Waals surface area contributed by atoms with Gasteiger partial charge >= 0.3 is 0 Å². The van der Waals surface area contributed by atoms with Gasteiger partial charge in [0.1, 0.15) is 5.82 Å². The van der Waals surface area contributed by atoms with Gasteiger partial charge in [0, 0.05) is 24.3 Å². The van der Waals surface area contributed by atoms with Crippen molar-refractivity contribution in [2.75, 3.05) is 20.3 Å². The van der Waals surface area contributed by atoms with Crippen molar-refractivity contribution in [3.63, 3.8) is 0 Å². The van der Waals surface area contributed by atoms with Gasteiger partial charge in [0.15, 0.2) is 0 Å². The molecule has 6 heteroatoms. The molecule has 1 atom stereocenters. The molecule has 4 nitrogen and oxygen atoms in total. The highest BCUT2D eigenvalue weighted by atomic mass is 35.5. The van der Waals surface area contributed by atoms with Crippen molar-refractivity contribution in [3.05, 3.63) is 34.6 Å². The highest BCUT2D eigenvalue weighted by molar-refractivity contribution is 6.31. The molecule has 0 aliphatic rings. The number of carbonyl (C=O) groups is 1. The maximum Gasteiger partial charge on any atom is 0.225 e.